The summed E-state index contributed by atoms with van der Waals surface area (Å²) in [6.45, 7) is 3.63. The third-order valence-corrected chi connectivity index (χ3v) is 6.80. The molecule has 1 saturated heterocycles. The fourth-order valence-electron chi connectivity index (χ4n) is 2.92. The Morgan fingerprint density at radius 3 is 2.96 bits per heavy atom. The van der Waals surface area contributed by atoms with Crippen molar-refractivity contribution in [2.75, 3.05) is 18.5 Å². The lowest BCUT2D eigenvalue weighted by Gasteiger charge is -2.08. The molecular weight excluding hydrogens is 402 g/mol. The van der Waals surface area contributed by atoms with Crippen molar-refractivity contribution in [1.82, 2.24) is 20.0 Å². The molecule has 142 valence electrons. The molecule has 2 aromatic heterocycles. The van der Waals surface area contributed by atoms with Gasteiger partial charge >= 0.3 is 0 Å². The number of rotatable bonds is 7. The fraction of sp³-hybridized carbons (Fsp3) is 0.389. The Morgan fingerprint density at radius 2 is 2.19 bits per heavy atom. The Morgan fingerprint density at radius 1 is 1.33 bits per heavy atom. The number of aryl methyl sites for hydroxylation is 1. The van der Waals surface area contributed by atoms with Crippen LogP contribution in [0.1, 0.15) is 24.1 Å². The smallest absolute Gasteiger partial charge is 0.206 e. The summed E-state index contributed by atoms with van der Waals surface area (Å²) in [5.41, 5.74) is 2.91. The monoisotopic (exact) mass is 421 g/mol. The second kappa shape index (κ2) is 8.60. The lowest BCUT2D eigenvalue weighted by Crippen LogP contribution is -2.18. The van der Waals surface area contributed by atoms with Crippen LogP contribution in [0.25, 0.3) is 5.69 Å². The van der Waals surface area contributed by atoms with E-state index in [9.17, 15) is 0 Å². The molecule has 6 nitrogen and oxygen atoms in total. The molecular formula is C18H20ClN5OS2. The maximum absolute atomic E-state index is 6.59. The van der Waals surface area contributed by atoms with E-state index in [1.54, 1.807) is 27.8 Å². The second-order valence-corrected chi connectivity index (χ2v) is 8.84. The molecule has 0 spiro atoms. The molecule has 3 heterocycles. The van der Waals surface area contributed by atoms with E-state index in [4.69, 9.17) is 16.3 Å². The van der Waals surface area contributed by atoms with Crippen LogP contribution in [-0.4, -0.2) is 39.2 Å². The number of anilines is 1. The Balaban J connectivity index is 1.38. The normalized spacial score (nSPS) is 16.7. The molecule has 27 heavy (non-hydrogen) atoms. The molecule has 1 aromatic carbocycles. The van der Waals surface area contributed by atoms with Gasteiger partial charge in [0.25, 0.3) is 0 Å². The molecule has 1 fully saturated rings. The van der Waals surface area contributed by atoms with Crippen molar-refractivity contribution >= 4 is 39.8 Å². The quantitative estimate of drug-likeness (QED) is 0.564. The number of hydrogen-bond acceptors (Lipinski definition) is 7. The largest absolute Gasteiger partial charge is 0.376 e. The SMILES string of the molecule is Cc1nn(-c2ccccc2)c(Cl)c1CSc1nnc(NC[C@H]2CCCO2)s1. The van der Waals surface area contributed by atoms with Crippen molar-refractivity contribution in [3.05, 3.63) is 46.7 Å². The summed E-state index contributed by atoms with van der Waals surface area (Å²) in [4.78, 5) is 0. The number of hydrogen-bond donors (Lipinski definition) is 1. The Kier molecular flexibility index (Phi) is 5.97. The van der Waals surface area contributed by atoms with E-state index >= 15 is 0 Å². The Bertz CT molecular complexity index is 893. The Hall–Kier alpha value is -1.61. The van der Waals surface area contributed by atoms with Gasteiger partial charge in [0, 0.05) is 24.5 Å². The molecule has 0 bridgehead atoms. The summed E-state index contributed by atoms with van der Waals surface area (Å²) in [6.07, 6.45) is 2.53. The first-order chi connectivity index (χ1) is 13.2. The summed E-state index contributed by atoms with van der Waals surface area (Å²) in [5, 5.41) is 17.8. The molecule has 9 heteroatoms. The molecule has 1 aliphatic heterocycles. The number of ether oxygens (including phenoxy) is 1. The highest BCUT2D eigenvalue weighted by Gasteiger charge is 2.17. The molecule has 0 saturated carbocycles. The number of para-hydroxylation sites is 1. The minimum absolute atomic E-state index is 0.287. The Labute approximate surface area is 171 Å². The first kappa shape index (κ1) is 18.7. The highest BCUT2D eigenvalue weighted by atomic mass is 35.5. The van der Waals surface area contributed by atoms with Crippen molar-refractivity contribution in [2.45, 2.75) is 36.0 Å². The van der Waals surface area contributed by atoms with Crippen molar-refractivity contribution in [2.24, 2.45) is 0 Å². The average Bonchev–Trinajstić information content (AvgIpc) is 3.41. The topological polar surface area (TPSA) is 64.9 Å². The number of nitrogens with zero attached hydrogens (tertiary/aromatic N) is 4. The van der Waals surface area contributed by atoms with Gasteiger partial charge in [0.15, 0.2) is 4.34 Å². The molecule has 1 atom stereocenters. The van der Waals surface area contributed by atoms with Gasteiger partial charge in [-0.3, -0.25) is 0 Å². The van der Waals surface area contributed by atoms with E-state index < -0.39 is 0 Å². The summed E-state index contributed by atoms with van der Waals surface area (Å²) in [5.74, 6) is 0.706. The fourth-order valence-corrected chi connectivity index (χ4v) is 5.18. The van der Waals surface area contributed by atoms with Crippen LogP contribution in [0.5, 0.6) is 0 Å². The lowest BCUT2D eigenvalue weighted by atomic mass is 10.2. The molecule has 1 aliphatic rings. The van der Waals surface area contributed by atoms with Gasteiger partial charge in [0.05, 0.1) is 17.5 Å². The van der Waals surface area contributed by atoms with Gasteiger partial charge in [-0.1, -0.05) is 52.9 Å². The summed E-state index contributed by atoms with van der Waals surface area (Å²) >= 11 is 9.77. The van der Waals surface area contributed by atoms with Gasteiger partial charge in [-0.25, -0.2) is 4.68 Å². The molecule has 0 unspecified atom stereocenters. The predicted molar refractivity (Wildman–Crippen MR) is 110 cm³/mol. The summed E-state index contributed by atoms with van der Waals surface area (Å²) in [7, 11) is 0. The molecule has 4 rings (SSSR count). The van der Waals surface area contributed by atoms with Crippen molar-refractivity contribution in [3.8, 4) is 5.69 Å². The zero-order valence-corrected chi connectivity index (χ0v) is 17.3. The maximum atomic E-state index is 6.59. The van der Waals surface area contributed by atoms with E-state index in [0.29, 0.717) is 10.9 Å². The molecule has 3 aromatic rings. The second-order valence-electron chi connectivity index (χ2n) is 6.28. The van der Waals surface area contributed by atoms with Gasteiger partial charge in [-0.15, -0.1) is 10.2 Å². The van der Waals surface area contributed by atoms with Crippen molar-refractivity contribution < 1.29 is 4.74 Å². The van der Waals surface area contributed by atoms with E-state index in [1.165, 1.54) is 0 Å². The third kappa shape index (κ3) is 4.45. The predicted octanol–water partition coefficient (Wildman–Crippen LogP) is 4.57. The highest BCUT2D eigenvalue weighted by molar-refractivity contribution is 8.00. The summed E-state index contributed by atoms with van der Waals surface area (Å²) < 4.78 is 8.31. The van der Waals surface area contributed by atoms with Crippen LogP contribution in [0.15, 0.2) is 34.7 Å². The third-order valence-electron chi connectivity index (χ3n) is 4.37. The van der Waals surface area contributed by atoms with Crippen LogP contribution < -0.4 is 5.32 Å². The number of benzene rings is 1. The number of halogens is 1. The average molecular weight is 422 g/mol. The van der Waals surface area contributed by atoms with E-state index in [2.05, 4.69) is 20.6 Å². The standard InChI is InChI=1S/C18H20ClN5OS2/c1-12-15(16(19)24(23-12)13-6-3-2-4-7-13)11-26-18-22-21-17(27-18)20-10-14-8-5-9-25-14/h2-4,6-7,14H,5,8-11H2,1H3,(H,20,21)/t14-/m1/s1. The number of thioether (sulfide) groups is 1. The zero-order chi connectivity index (χ0) is 18.6. The van der Waals surface area contributed by atoms with E-state index in [1.807, 2.05) is 37.3 Å². The summed E-state index contributed by atoms with van der Waals surface area (Å²) in [6, 6.07) is 9.91. The molecule has 1 N–H and O–H groups in total. The molecule has 0 aliphatic carbocycles. The minimum Gasteiger partial charge on any atom is -0.376 e. The van der Waals surface area contributed by atoms with Gasteiger partial charge in [0.2, 0.25) is 5.13 Å². The maximum Gasteiger partial charge on any atom is 0.206 e. The van der Waals surface area contributed by atoms with E-state index in [-0.39, 0.29) is 6.10 Å². The van der Waals surface area contributed by atoms with Crippen LogP contribution in [0.2, 0.25) is 5.15 Å². The number of nitrogens with one attached hydrogen (secondary N) is 1. The van der Waals surface area contributed by atoms with Crippen molar-refractivity contribution in [3.63, 3.8) is 0 Å². The zero-order valence-electron chi connectivity index (χ0n) is 14.9. The number of aromatic nitrogens is 4. The van der Waals surface area contributed by atoms with Gasteiger partial charge in [-0.2, -0.15) is 5.10 Å². The van der Waals surface area contributed by atoms with Crippen LogP contribution in [-0.2, 0) is 10.5 Å². The van der Waals surface area contributed by atoms with Gasteiger partial charge in [-0.05, 0) is 31.9 Å². The minimum atomic E-state index is 0.287. The highest BCUT2D eigenvalue weighted by Crippen LogP contribution is 2.33. The van der Waals surface area contributed by atoms with Gasteiger partial charge in [0.1, 0.15) is 5.15 Å². The lowest BCUT2D eigenvalue weighted by molar-refractivity contribution is 0.120. The van der Waals surface area contributed by atoms with Crippen molar-refractivity contribution in [1.29, 1.82) is 0 Å². The first-order valence-electron chi connectivity index (χ1n) is 8.82. The van der Waals surface area contributed by atoms with Crippen LogP contribution in [0.4, 0.5) is 5.13 Å². The van der Waals surface area contributed by atoms with E-state index in [0.717, 1.165) is 52.4 Å². The van der Waals surface area contributed by atoms with Gasteiger partial charge < -0.3 is 10.1 Å². The van der Waals surface area contributed by atoms with Crippen LogP contribution >= 0.6 is 34.7 Å². The molecule has 0 amide bonds. The first-order valence-corrected chi connectivity index (χ1v) is 11.0. The van der Waals surface area contributed by atoms with Crippen LogP contribution in [0, 0.1) is 6.92 Å². The molecule has 0 radical (unpaired) electrons. The van der Waals surface area contributed by atoms with Crippen LogP contribution in [0.3, 0.4) is 0 Å².